The number of aromatic nitrogens is 2. The minimum Gasteiger partial charge on any atom is -0.385 e. The van der Waals surface area contributed by atoms with Crippen molar-refractivity contribution in [2.24, 2.45) is 7.05 Å². The first-order valence-corrected chi connectivity index (χ1v) is 12.6. The Kier molecular flexibility index (Phi) is 6.94. The van der Waals surface area contributed by atoms with E-state index in [1.165, 1.54) is 6.07 Å². The van der Waals surface area contributed by atoms with Crippen LogP contribution in [0.25, 0.3) is 11.1 Å². The van der Waals surface area contributed by atoms with Gasteiger partial charge in [0, 0.05) is 79.8 Å². The number of aryl methyl sites for hydroxylation is 2. The fourth-order valence-corrected chi connectivity index (χ4v) is 5.44. The zero-order valence-corrected chi connectivity index (χ0v) is 20.8. The van der Waals surface area contributed by atoms with Gasteiger partial charge in [-0.2, -0.15) is 5.10 Å². The zero-order valence-electron chi connectivity index (χ0n) is 20.8. The molecule has 1 aromatic heterocycles. The van der Waals surface area contributed by atoms with Gasteiger partial charge in [0.25, 0.3) is 6.43 Å². The molecule has 37 heavy (non-hydrogen) atoms. The Hall–Kier alpha value is -3.76. The average Bonchev–Trinajstić information content (AvgIpc) is 3.33. The Morgan fingerprint density at radius 2 is 2.14 bits per heavy atom. The molecule has 0 unspecified atom stereocenters. The highest BCUT2D eigenvalue weighted by molar-refractivity contribution is 6.09. The lowest BCUT2D eigenvalue weighted by molar-refractivity contribution is -0.122. The number of alkyl halides is 2. The van der Waals surface area contributed by atoms with Crippen LogP contribution in [-0.4, -0.2) is 65.1 Å². The van der Waals surface area contributed by atoms with Crippen LogP contribution < -0.4 is 15.5 Å². The molecule has 0 aliphatic carbocycles. The SMILES string of the molecule is Cn1cc(-c2cc3c(cc2C(F)F)N(C(=N)C2=C(N[C@@H]4CCNC(=O)C4)CCN(C=O)C2)CCC3)cn1. The Morgan fingerprint density at radius 1 is 1.30 bits per heavy atom. The summed E-state index contributed by atoms with van der Waals surface area (Å²) in [5, 5.41) is 19.6. The minimum atomic E-state index is -2.69. The van der Waals surface area contributed by atoms with Crippen molar-refractivity contribution in [1.29, 1.82) is 5.41 Å². The highest BCUT2D eigenvalue weighted by atomic mass is 19.3. The van der Waals surface area contributed by atoms with Crippen LogP contribution in [-0.2, 0) is 23.1 Å². The Balaban J connectivity index is 1.51. The highest BCUT2D eigenvalue weighted by Gasteiger charge is 2.31. The fraction of sp³-hybridized carbons (Fsp3) is 0.462. The Morgan fingerprint density at radius 3 is 2.84 bits per heavy atom. The second-order valence-electron chi connectivity index (χ2n) is 9.84. The first-order chi connectivity index (χ1) is 17.8. The number of amidine groups is 1. The maximum Gasteiger partial charge on any atom is 0.264 e. The van der Waals surface area contributed by atoms with Gasteiger partial charge < -0.3 is 20.4 Å². The molecular weight excluding hydrogens is 480 g/mol. The predicted molar refractivity (Wildman–Crippen MR) is 135 cm³/mol. The average molecular weight is 512 g/mol. The third-order valence-electron chi connectivity index (χ3n) is 7.32. The molecule has 9 nitrogen and oxygen atoms in total. The zero-order chi connectivity index (χ0) is 26.1. The molecule has 3 aliphatic rings. The largest absolute Gasteiger partial charge is 0.385 e. The quantitative estimate of drug-likeness (QED) is 0.314. The van der Waals surface area contributed by atoms with Crippen LogP contribution >= 0.6 is 0 Å². The maximum absolute atomic E-state index is 14.2. The molecule has 5 rings (SSSR count). The lowest BCUT2D eigenvalue weighted by Gasteiger charge is -2.37. The molecule has 3 aliphatic heterocycles. The van der Waals surface area contributed by atoms with Gasteiger partial charge in [0.05, 0.1) is 12.7 Å². The van der Waals surface area contributed by atoms with E-state index in [1.54, 1.807) is 40.0 Å². The minimum absolute atomic E-state index is 0.0137. The van der Waals surface area contributed by atoms with Gasteiger partial charge in [0.2, 0.25) is 12.3 Å². The number of nitrogens with one attached hydrogen (secondary N) is 3. The molecule has 3 N–H and O–H groups in total. The Labute approximate surface area is 214 Å². The van der Waals surface area contributed by atoms with Gasteiger partial charge in [-0.3, -0.25) is 19.7 Å². The number of anilines is 1. The van der Waals surface area contributed by atoms with Crippen LogP contribution in [0.1, 0.15) is 43.2 Å². The van der Waals surface area contributed by atoms with Crippen LogP contribution in [0.4, 0.5) is 14.5 Å². The number of hydrogen-bond acceptors (Lipinski definition) is 5. The van der Waals surface area contributed by atoms with Gasteiger partial charge >= 0.3 is 0 Å². The molecule has 1 aromatic carbocycles. The number of carbonyl (C=O) groups is 2. The molecule has 2 amide bonds. The second kappa shape index (κ2) is 10.3. The van der Waals surface area contributed by atoms with Crippen LogP contribution in [0.15, 0.2) is 35.8 Å². The van der Waals surface area contributed by atoms with Gasteiger partial charge in [-0.05, 0) is 42.5 Å². The molecule has 2 aromatic rings. The third kappa shape index (κ3) is 5.07. The molecule has 0 spiro atoms. The number of rotatable bonds is 6. The van der Waals surface area contributed by atoms with E-state index in [0.29, 0.717) is 54.9 Å². The number of carbonyl (C=O) groups excluding carboxylic acids is 2. The van der Waals surface area contributed by atoms with E-state index in [4.69, 9.17) is 5.41 Å². The summed E-state index contributed by atoms with van der Waals surface area (Å²) in [5.74, 6) is 0.185. The first kappa shape index (κ1) is 24.9. The number of benzene rings is 1. The maximum atomic E-state index is 14.2. The molecule has 0 radical (unpaired) electrons. The molecule has 11 heteroatoms. The summed E-state index contributed by atoms with van der Waals surface area (Å²) in [5.41, 5.74) is 4.01. The first-order valence-electron chi connectivity index (χ1n) is 12.6. The third-order valence-corrected chi connectivity index (χ3v) is 7.32. The molecular formula is C26H31F2N7O2. The summed E-state index contributed by atoms with van der Waals surface area (Å²) in [6.07, 6.45) is 4.55. The monoisotopic (exact) mass is 511 g/mol. The van der Waals surface area contributed by atoms with Gasteiger partial charge in [0.15, 0.2) is 0 Å². The molecule has 1 fully saturated rings. The van der Waals surface area contributed by atoms with Crippen molar-refractivity contribution >= 4 is 23.8 Å². The molecule has 1 saturated heterocycles. The van der Waals surface area contributed by atoms with Crippen molar-refractivity contribution in [3.8, 4) is 11.1 Å². The van der Waals surface area contributed by atoms with Crippen LogP contribution in [0.2, 0.25) is 0 Å². The summed E-state index contributed by atoms with van der Waals surface area (Å²) in [6, 6.07) is 3.27. The van der Waals surface area contributed by atoms with E-state index in [-0.39, 0.29) is 29.9 Å². The van der Waals surface area contributed by atoms with Gasteiger partial charge in [-0.15, -0.1) is 0 Å². The van der Waals surface area contributed by atoms with Crippen molar-refractivity contribution in [2.75, 3.05) is 31.1 Å². The number of halogens is 2. The van der Waals surface area contributed by atoms with E-state index in [9.17, 15) is 18.4 Å². The van der Waals surface area contributed by atoms with E-state index < -0.39 is 6.43 Å². The number of nitrogens with zero attached hydrogens (tertiary/aromatic N) is 4. The number of amides is 2. The standard InChI is InChI=1S/C26H31F2N7O2/c1-33-13-17(12-31-33)19-9-16-3-2-7-35(23(16)11-20(19)25(27)28)26(29)21-14-34(15-36)8-5-22(21)32-18-4-6-30-24(37)10-18/h9,11-13,15,18,25,29,32H,2-8,10,14H2,1H3,(H,30,37)/t18-/m1/s1. The van der Waals surface area contributed by atoms with E-state index in [1.807, 2.05) is 0 Å². The van der Waals surface area contributed by atoms with Crippen LogP contribution in [0, 0.1) is 5.41 Å². The summed E-state index contributed by atoms with van der Waals surface area (Å²) in [7, 11) is 1.75. The molecule has 0 saturated carbocycles. The summed E-state index contributed by atoms with van der Waals surface area (Å²) < 4.78 is 30.0. The molecule has 0 bridgehead atoms. The van der Waals surface area contributed by atoms with Gasteiger partial charge in [-0.25, -0.2) is 8.78 Å². The van der Waals surface area contributed by atoms with Crippen LogP contribution in [0.3, 0.4) is 0 Å². The lowest BCUT2D eigenvalue weighted by atomic mass is 9.92. The van der Waals surface area contributed by atoms with Crippen molar-refractivity contribution < 1.29 is 18.4 Å². The van der Waals surface area contributed by atoms with E-state index in [2.05, 4.69) is 15.7 Å². The number of piperidine rings is 1. The normalized spacial score (nSPS) is 20.1. The lowest BCUT2D eigenvalue weighted by Crippen LogP contribution is -2.47. The molecule has 1 atom stereocenters. The summed E-state index contributed by atoms with van der Waals surface area (Å²) in [6.45, 7) is 1.88. The van der Waals surface area contributed by atoms with Crippen molar-refractivity contribution in [3.05, 3.63) is 46.9 Å². The topological polar surface area (TPSA) is 106 Å². The van der Waals surface area contributed by atoms with E-state index >= 15 is 0 Å². The van der Waals surface area contributed by atoms with Crippen molar-refractivity contribution in [2.45, 2.75) is 44.6 Å². The van der Waals surface area contributed by atoms with Crippen LogP contribution in [0.5, 0.6) is 0 Å². The highest BCUT2D eigenvalue weighted by Crippen LogP contribution is 2.39. The molecule has 4 heterocycles. The Bertz CT molecular complexity index is 1260. The molecule has 196 valence electrons. The second-order valence-corrected chi connectivity index (χ2v) is 9.84. The van der Waals surface area contributed by atoms with Gasteiger partial charge in [-0.1, -0.05) is 0 Å². The smallest absolute Gasteiger partial charge is 0.264 e. The number of fused-ring (bicyclic) bond motifs is 1. The summed E-state index contributed by atoms with van der Waals surface area (Å²) in [4.78, 5) is 26.9. The van der Waals surface area contributed by atoms with Crippen molar-refractivity contribution in [3.63, 3.8) is 0 Å². The fourth-order valence-electron chi connectivity index (χ4n) is 5.44. The van der Waals surface area contributed by atoms with Gasteiger partial charge in [0.1, 0.15) is 5.84 Å². The summed E-state index contributed by atoms with van der Waals surface area (Å²) >= 11 is 0. The van der Waals surface area contributed by atoms with Crippen molar-refractivity contribution in [1.82, 2.24) is 25.3 Å². The van der Waals surface area contributed by atoms with E-state index in [0.717, 1.165) is 36.9 Å². The number of hydrogen-bond donors (Lipinski definition) is 3. The predicted octanol–water partition coefficient (Wildman–Crippen LogP) is 2.74.